The second kappa shape index (κ2) is 8.47. The number of likely N-dealkylation sites (N-methyl/N-ethyl adjacent to an activating group) is 1. The van der Waals surface area contributed by atoms with Gasteiger partial charge in [-0.1, -0.05) is 17.7 Å². The molecular weight excluding hydrogens is 362 g/mol. The van der Waals surface area contributed by atoms with Crippen LogP contribution in [0.3, 0.4) is 0 Å². The Kier molecular flexibility index (Phi) is 5.79. The molecule has 1 aromatic heterocycles. The van der Waals surface area contributed by atoms with Crippen LogP contribution in [0.25, 0.3) is 10.9 Å². The molecule has 1 aliphatic heterocycles. The van der Waals surface area contributed by atoms with Crippen molar-refractivity contribution in [3.05, 3.63) is 59.3 Å². The number of anilines is 1. The molecule has 29 heavy (non-hydrogen) atoms. The fourth-order valence-corrected chi connectivity index (χ4v) is 4.28. The van der Waals surface area contributed by atoms with Crippen molar-refractivity contribution in [2.75, 3.05) is 32.1 Å². The quantitative estimate of drug-likeness (QED) is 0.641. The molecule has 0 amide bonds. The number of ether oxygens (including phenoxy) is 1. The summed E-state index contributed by atoms with van der Waals surface area (Å²) in [4.78, 5) is 2.37. The molecule has 0 aliphatic carbocycles. The number of benzene rings is 2. The number of hydrogen-bond acceptors (Lipinski definition) is 4. The average Bonchev–Trinajstić information content (AvgIpc) is 2.99. The van der Waals surface area contributed by atoms with Crippen molar-refractivity contribution in [3.63, 3.8) is 0 Å². The summed E-state index contributed by atoms with van der Waals surface area (Å²) < 4.78 is 7.89. The first-order valence-corrected chi connectivity index (χ1v) is 10.5. The molecule has 2 heterocycles. The zero-order chi connectivity index (χ0) is 20.4. The van der Waals surface area contributed by atoms with Gasteiger partial charge in [-0.3, -0.25) is 0 Å². The minimum absolute atomic E-state index is 0.480. The van der Waals surface area contributed by atoms with Crippen LogP contribution >= 0.6 is 0 Å². The lowest BCUT2D eigenvalue weighted by atomic mass is 10.0. The van der Waals surface area contributed by atoms with Crippen molar-refractivity contribution >= 4 is 16.6 Å². The minimum Gasteiger partial charge on any atom is -0.494 e. The Morgan fingerprint density at radius 1 is 1.21 bits per heavy atom. The third-order valence-electron chi connectivity index (χ3n) is 5.68. The summed E-state index contributed by atoms with van der Waals surface area (Å²) in [5.74, 6) is 0.844. The van der Waals surface area contributed by atoms with E-state index in [1.807, 2.05) is 31.2 Å². The maximum Gasteiger partial charge on any atom is 0.121 e. The van der Waals surface area contributed by atoms with E-state index in [1.54, 1.807) is 0 Å². The van der Waals surface area contributed by atoms with Crippen LogP contribution in [-0.2, 0) is 19.5 Å². The number of hydrogen-bond donors (Lipinski definition) is 2. The Bertz CT molecular complexity index is 995. The van der Waals surface area contributed by atoms with Crippen LogP contribution in [0.5, 0.6) is 5.75 Å². The van der Waals surface area contributed by atoms with Crippen molar-refractivity contribution in [1.82, 2.24) is 9.47 Å². The fraction of sp³-hybridized carbons (Fsp3) is 0.417. The van der Waals surface area contributed by atoms with Gasteiger partial charge in [0.15, 0.2) is 0 Å². The van der Waals surface area contributed by atoms with Gasteiger partial charge in [0.1, 0.15) is 5.75 Å². The molecule has 1 atom stereocenters. The molecule has 0 fully saturated rings. The third kappa shape index (κ3) is 4.26. The summed E-state index contributed by atoms with van der Waals surface area (Å²) in [5, 5.41) is 15.5. The van der Waals surface area contributed by atoms with E-state index in [9.17, 15) is 5.11 Å². The number of nitrogens with one attached hydrogen (secondary N) is 1. The standard InChI is InChI=1S/C24H31N3O2/c1-4-29-20-7-5-6-18(13-20)25-14-19(28)15-27-23-9-8-17(2)12-21(23)22-16-26(3)11-10-24(22)27/h5-9,12-13,19,25,28H,4,10-11,14-16H2,1-3H3. The van der Waals surface area contributed by atoms with E-state index in [4.69, 9.17) is 4.74 Å². The van der Waals surface area contributed by atoms with Crippen molar-refractivity contribution < 1.29 is 9.84 Å². The zero-order valence-electron chi connectivity index (χ0n) is 17.6. The van der Waals surface area contributed by atoms with Gasteiger partial charge in [-0.2, -0.15) is 0 Å². The Labute approximate surface area is 172 Å². The number of nitrogens with zero attached hydrogens (tertiary/aromatic N) is 2. The van der Waals surface area contributed by atoms with Gasteiger partial charge in [0.2, 0.25) is 0 Å². The smallest absolute Gasteiger partial charge is 0.121 e. The highest BCUT2D eigenvalue weighted by molar-refractivity contribution is 5.86. The monoisotopic (exact) mass is 393 g/mol. The molecule has 0 saturated carbocycles. The lowest BCUT2D eigenvalue weighted by Crippen LogP contribution is -2.30. The van der Waals surface area contributed by atoms with E-state index in [0.29, 0.717) is 19.7 Å². The molecule has 2 aromatic carbocycles. The van der Waals surface area contributed by atoms with Crippen LogP contribution in [0, 0.1) is 6.92 Å². The topological polar surface area (TPSA) is 49.7 Å². The average molecular weight is 394 g/mol. The molecule has 5 heteroatoms. The maximum atomic E-state index is 10.8. The predicted molar refractivity (Wildman–Crippen MR) is 119 cm³/mol. The van der Waals surface area contributed by atoms with Gasteiger partial charge >= 0.3 is 0 Å². The van der Waals surface area contributed by atoms with Crippen LogP contribution < -0.4 is 10.1 Å². The maximum absolute atomic E-state index is 10.8. The number of fused-ring (bicyclic) bond motifs is 3. The van der Waals surface area contributed by atoms with Crippen molar-refractivity contribution in [3.8, 4) is 5.75 Å². The van der Waals surface area contributed by atoms with Gasteiger partial charge in [0.05, 0.1) is 19.3 Å². The molecule has 1 aliphatic rings. The summed E-state index contributed by atoms with van der Waals surface area (Å²) >= 11 is 0. The molecule has 0 saturated heterocycles. The Morgan fingerprint density at radius 2 is 2.07 bits per heavy atom. The van der Waals surface area contributed by atoms with E-state index in [2.05, 4.69) is 47.0 Å². The number of aryl methyl sites for hydroxylation is 1. The SMILES string of the molecule is CCOc1cccc(NCC(O)Cn2c3c(c4cc(C)ccc42)CN(C)CC3)c1. The molecule has 0 spiro atoms. The molecule has 0 radical (unpaired) electrons. The second-order valence-corrected chi connectivity index (χ2v) is 8.04. The summed E-state index contributed by atoms with van der Waals surface area (Å²) in [6.45, 7) is 7.89. The minimum atomic E-state index is -0.480. The van der Waals surface area contributed by atoms with E-state index in [1.165, 1.54) is 27.7 Å². The van der Waals surface area contributed by atoms with Crippen LogP contribution in [0.1, 0.15) is 23.7 Å². The first kappa shape index (κ1) is 19.8. The number of aromatic nitrogens is 1. The molecule has 2 N–H and O–H groups in total. The number of rotatable bonds is 7. The summed E-state index contributed by atoms with van der Waals surface area (Å²) in [7, 11) is 2.18. The van der Waals surface area contributed by atoms with E-state index < -0.39 is 6.10 Å². The predicted octanol–water partition coefficient (Wildman–Crippen LogP) is 3.81. The first-order valence-electron chi connectivity index (χ1n) is 10.5. The normalized spacial score (nSPS) is 15.3. The lowest BCUT2D eigenvalue weighted by molar-refractivity contribution is 0.166. The van der Waals surface area contributed by atoms with E-state index in [0.717, 1.165) is 30.9 Å². The largest absolute Gasteiger partial charge is 0.494 e. The second-order valence-electron chi connectivity index (χ2n) is 8.04. The zero-order valence-corrected chi connectivity index (χ0v) is 17.6. The molecule has 0 bridgehead atoms. The first-order chi connectivity index (χ1) is 14.0. The van der Waals surface area contributed by atoms with Crippen LogP contribution in [0.15, 0.2) is 42.5 Å². The van der Waals surface area contributed by atoms with Crippen molar-refractivity contribution in [2.45, 2.75) is 39.5 Å². The van der Waals surface area contributed by atoms with Gasteiger partial charge in [0.25, 0.3) is 0 Å². The van der Waals surface area contributed by atoms with Crippen LogP contribution in [0.4, 0.5) is 5.69 Å². The highest BCUT2D eigenvalue weighted by Crippen LogP contribution is 2.31. The van der Waals surface area contributed by atoms with Gasteiger partial charge in [-0.05, 0) is 50.7 Å². The Hall–Kier alpha value is -2.50. The van der Waals surface area contributed by atoms with Crippen molar-refractivity contribution in [1.29, 1.82) is 0 Å². The van der Waals surface area contributed by atoms with Crippen LogP contribution in [0.2, 0.25) is 0 Å². The van der Waals surface area contributed by atoms with Crippen LogP contribution in [-0.4, -0.2) is 47.4 Å². The molecule has 1 unspecified atom stereocenters. The molecular formula is C24H31N3O2. The molecule has 3 aromatic rings. The van der Waals surface area contributed by atoms with Crippen molar-refractivity contribution in [2.24, 2.45) is 0 Å². The van der Waals surface area contributed by atoms with Gasteiger partial charge in [-0.25, -0.2) is 0 Å². The Morgan fingerprint density at radius 3 is 2.90 bits per heavy atom. The third-order valence-corrected chi connectivity index (χ3v) is 5.68. The summed E-state index contributed by atoms with van der Waals surface area (Å²) in [6, 6.07) is 14.5. The fourth-order valence-electron chi connectivity index (χ4n) is 4.28. The summed E-state index contributed by atoms with van der Waals surface area (Å²) in [6.07, 6.45) is 0.544. The van der Waals surface area contributed by atoms with E-state index in [-0.39, 0.29) is 0 Å². The summed E-state index contributed by atoms with van der Waals surface area (Å²) in [5.41, 5.74) is 6.27. The Balaban J connectivity index is 1.52. The lowest BCUT2D eigenvalue weighted by Gasteiger charge is -2.25. The highest BCUT2D eigenvalue weighted by Gasteiger charge is 2.23. The van der Waals surface area contributed by atoms with Gasteiger partial charge in [0, 0.05) is 54.4 Å². The highest BCUT2D eigenvalue weighted by atomic mass is 16.5. The van der Waals surface area contributed by atoms with Gasteiger partial charge < -0.3 is 24.6 Å². The molecule has 154 valence electrons. The number of aliphatic hydroxyl groups is 1. The molecule has 4 rings (SSSR count). The van der Waals surface area contributed by atoms with E-state index >= 15 is 0 Å². The molecule has 5 nitrogen and oxygen atoms in total. The number of aliphatic hydroxyl groups excluding tert-OH is 1. The van der Waals surface area contributed by atoms with Gasteiger partial charge in [-0.15, -0.1) is 0 Å².